The molecular formula is C16H24N4. The average Bonchev–Trinajstić information content (AvgIpc) is 3.22. The molecule has 1 aromatic rings. The van der Waals surface area contributed by atoms with Crippen LogP contribution in [0.3, 0.4) is 0 Å². The van der Waals surface area contributed by atoms with Gasteiger partial charge in [-0.1, -0.05) is 12.8 Å². The van der Waals surface area contributed by atoms with Crippen molar-refractivity contribution in [1.82, 2.24) is 20.2 Å². The number of aromatic nitrogens is 2. The Labute approximate surface area is 121 Å². The van der Waals surface area contributed by atoms with Gasteiger partial charge in [0.05, 0.1) is 6.54 Å². The summed E-state index contributed by atoms with van der Waals surface area (Å²) in [6, 6.07) is 2.60. The molecule has 0 amide bonds. The zero-order valence-corrected chi connectivity index (χ0v) is 12.1. The molecule has 1 saturated heterocycles. The lowest BCUT2D eigenvalue weighted by Gasteiger charge is -2.46. The largest absolute Gasteiger partial charge is 0.308 e. The van der Waals surface area contributed by atoms with E-state index in [4.69, 9.17) is 0 Å². The van der Waals surface area contributed by atoms with Gasteiger partial charge < -0.3 is 5.32 Å². The summed E-state index contributed by atoms with van der Waals surface area (Å²) in [4.78, 5) is 11.5. The van der Waals surface area contributed by atoms with Crippen LogP contribution in [-0.4, -0.2) is 39.5 Å². The first-order valence-corrected chi connectivity index (χ1v) is 8.10. The second kappa shape index (κ2) is 5.08. The fourth-order valence-electron chi connectivity index (χ4n) is 4.11. The summed E-state index contributed by atoms with van der Waals surface area (Å²) < 4.78 is 0. The van der Waals surface area contributed by atoms with Crippen LogP contribution in [0.4, 0.5) is 0 Å². The zero-order chi connectivity index (χ0) is 13.4. The van der Waals surface area contributed by atoms with Gasteiger partial charge in [0.2, 0.25) is 0 Å². The molecule has 4 rings (SSSR count). The first-order valence-electron chi connectivity index (χ1n) is 8.10. The third-order valence-corrected chi connectivity index (χ3v) is 5.35. The monoisotopic (exact) mass is 272 g/mol. The zero-order valence-electron chi connectivity index (χ0n) is 12.1. The minimum absolute atomic E-state index is 0.389. The van der Waals surface area contributed by atoms with Gasteiger partial charge in [-0.2, -0.15) is 0 Å². The highest BCUT2D eigenvalue weighted by Crippen LogP contribution is 2.40. The smallest absolute Gasteiger partial charge is 0.142 e. The Morgan fingerprint density at radius 2 is 1.95 bits per heavy atom. The number of piperazine rings is 1. The van der Waals surface area contributed by atoms with Crippen molar-refractivity contribution in [2.75, 3.05) is 13.1 Å². The summed E-state index contributed by atoms with van der Waals surface area (Å²) in [6.45, 7) is 3.27. The molecule has 4 nitrogen and oxygen atoms in total. The Morgan fingerprint density at radius 3 is 2.65 bits per heavy atom. The van der Waals surface area contributed by atoms with Gasteiger partial charge in [-0.05, 0) is 37.7 Å². The Balaban J connectivity index is 1.52. The molecule has 1 spiro atoms. The van der Waals surface area contributed by atoms with E-state index in [-0.39, 0.29) is 0 Å². The first kappa shape index (κ1) is 12.7. The van der Waals surface area contributed by atoms with Crippen molar-refractivity contribution >= 4 is 0 Å². The molecule has 3 aliphatic rings. The Kier molecular flexibility index (Phi) is 3.23. The van der Waals surface area contributed by atoms with E-state index in [1.165, 1.54) is 45.1 Å². The average molecular weight is 272 g/mol. The van der Waals surface area contributed by atoms with Gasteiger partial charge in [-0.3, -0.25) is 4.90 Å². The van der Waals surface area contributed by atoms with Gasteiger partial charge in [-0.15, -0.1) is 0 Å². The molecule has 0 radical (unpaired) electrons. The third kappa shape index (κ3) is 2.47. The van der Waals surface area contributed by atoms with E-state index >= 15 is 0 Å². The molecule has 1 aliphatic heterocycles. The van der Waals surface area contributed by atoms with E-state index in [2.05, 4.69) is 20.2 Å². The van der Waals surface area contributed by atoms with Gasteiger partial charge in [0.15, 0.2) is 0 Å². The number of hydrogen-bond acceptors (Lipinski definition) is 4. The Hall–Kier alpha value is -1.00. The van der Waals surface area contributed by atoms with Crippen molar-refractivity contribution in [2.45, 2.75) is 56.7 Å². The van der Waals surface area contributed by atoms with Crippen molar-refractivity contribution in [2.24, 2.45) is 5.92 Å². The lowest BCUT2D eigenvalue weighted by atomic mass is 9.91. The summed E-state index contributed by atoms with van der Waals surface area (Å²) in [7, 11) is 0. The second-order valence-electron chi connectivity index (χ2n) is 6.84. The normalized spacial score (nSPS) is 29.9. The number of rotatable bonds is 3. The van der Waals surface area contributed by atoms with Gasteiger partial charge in [-0.25, -0.2) is 9.97 Å². The maximum atomic E-state index is 4.43. The molecule has 3 fully saturated rings. The van der Waals surface area contributed by atoms with Gasteiger partial charge in [0.1, 0.15) is 5.82 Å². The lowest BCUT2D eigenvalue weighted by molar-refractivity contribution is 0.0606. The Morgan fingerprint density at radius 1 is 1.20 bits per heavy atom. The van der Waals surface area contributed by atoms with Crippen LogP contribution in [0.15, 0.2) is 18.5 Å². The molecular weight excluding hydrogens is 248 g/mol. The first-order chi connectivity index (χ1) is 9.85. The van der Waals surface area contributed by atoms with Crippen LogP contribution in [0.2, 0.25) is 0 Å². The molecule has 20 heavy (non-hydrogen) atoms. The maximum Gasteiger partial charge on any atom is 0.142 e. The van der Waals surface area contributed by atoms with E-state index in [0.29, 0.717) is 11.6 Å². The molecule has 4 heteroatoms. The molecule has 0 aromatic carbocycles. The fraction of sp³-hybridized carbons (Fsp3) is 0.750. The van der Waals surface area contributed by atoms with Crippen molar-refractivity contribution < 1.29 is 0 Å². The van der Waals surface area contributed by atoms with Crippen molar-refractivity contribution in [3.05, 3.63) is 24.3 Å². The van der Waals surface area contributed by atoms with E-state index in [9.17, 15) is 0 Å². The summed E-state index contributed by atoms with van der Waals surface area (Å²) in [5, 5.41) is 3.90. The van der Waals surface area contributed by atoms with E-state index in [1.54, 1.807) is 0 Å². The SMILES string of the molecule is c1cnc(CN2CC3(CCCC3)NCC2C2CC2)nc1. The molecule has 2 saturated carbocycles. The minimum Gasteiger partial charge on any atom is -0.308 e. The second-order valence-corrected chi connectivity index (χ2v) is 6.84. The lowest BCUT2D eigenvalue weighted by Crippen LogP contribution is -2.63. The highest BCUT2D eigenvalue weighted by Gasteiger charge is 2.45. The highest BCUT2D eigenvalue weighted by atomic mass is 15.3. The number of hydrogen-bond donors (Lipinski definition) is 1. The van der Waals surface area contributed by atoms with Crippen molar-refractivity contribution in [3.8, 4) is 0 Å². The summed E-state index contributed by atoms with van der Waals surface area (Å²) in [5.74, 6) is 1.89. The maximum absolute atomic E-state index is 4.43. The summed E-state index contributed by atoms with van der Waals surface area (Å²) >= 11 is 0. The van der Waals surface area contributed by atoms with Crippen LogP contribution >= 0.6 is 0 Å². The molecule has 1 N–H and O–H groups in total. The quantitative estimate of drug-likeness (QED) is 0.913. The fourth-order valence-corrected chi connectivity index (χ4v) is 4.11. The van der Waals surface area contributed by atoms with Crippen molar-refractivity contribution in [3.63, 3.8) is 0 Å². The van der Waals surface area contributed by atoms with Crippen LogP contribution < -0.4 is 5.32 Å². The van der Waals surface area contributed by atoms with Crippen LogP contribution in [0.5, 0.6) is 0 Å². The molecule has 1 atom stereocenters. The summed E-state index contributed by atoms with van der Waals surface area (Å²) in [6.07, 6.45) is 12.0. The minimum atomic E-state index is 0.389. The van der Waals surface area contributed by atoms with Crippen LogP contribution in [0.1, 0.15) is 44.3 Å². The molecule has 2 heterocycles. The van der Waals surface area contributed by atoms with Gasteiger partial charge in [0.25, 0.3) is 0 Å². The molecule has 1 unspecified atom stereocenters. The molecule has 2 aliphatic carbocycles. The van der Waals surface area contributed by atoms with Crippen LogP contribution in [0.25, 0.3) is 0 Å². The van der Waals surface area contributed by atoms with Gasteiger partial charge >= 0.3 is 0 Å². The van der Waals surface area contributed by atoms with E-state index in [1.807, 2.05) is 18.5 Å². The van der Waals surface area contributed by atoms with Crippen molar-refractivity contribution in [1.29, 1.82) is 0 Å². The standard InChI is InChI=1S/C16H24N4/c1-2-7-16(6-1)12-20(11-15-17-8-3-9-18-15)14(10-19-16)13-4-5-13/h3,8-9,13-14,19H,1-2,4-7,10-12H2. The number of nitrogens with one attached hydrogen (secondary N) is 1. The predicted molar refractivity (Wildman–Crippen MR) is 78.2 cm³/mol. The van der Waals surface area contributed by atoms with E-state index < -0.39 is 0 Å². The summed E-state index contributed by atoms with van der Waals surface area (Å²) in [5.41, 5.74) is 0.389. The number of nitrogens with zero attached hydrogens (tertiary/aromatic N) is 3. The Bertz CT molecular complexity index is 451. The van der Waals surface area contributed by atoms with E-state index in [0.717, 1.165) is 24.8 Å². The van der Waals surface area contributed by atoms with Gasteiger partial charge in [0, 0.05) is 37.1 Å². The molecule has 0 bridgehead atoms. The third-order valence-electron chi connectivity index (χ3n) is 5.35. The highest BCUT2D eigenvalue weighted by molar-refractivity contribution is 5.05. The topological polar surface area (TPSA) is 41.1 Å². The predicted octanol–water partition coefficient (Wildman–Crippen LogP) is 1.97. The molecule has 108 valence electrons. The molecule has 1 aromatic heterocycles. The van der Waals surface area contributed by atoms with Crippen LogP contribution in [-0.2, 0) is 6.54 Å². The van der Waals surface area contributed by atoms with Crippen LogP contribution in [0, 0.1) is 5.92 Å².